The van der Waals surface area contributed by atoms with Crippen LogP contribution in [0.3, 0.4) is 0 Å². The van der Waals surface area contributed by atoms with Gasteiger partial charge in [-0.25, -0.2) is 0 Å². The van der Waals surface area contributed by atoms with Gasteiger partial charge >= 0.3 is 0 Å². The van der Waals surface area contributed by atoms with E-state index < -0.39 is 0 Å². The lowest BCUT2D eigenvalue weighted by Crippen LogP contribution is -2.34. The van der Waals surface area contributed by atoms with Gasteiger partial charge < -0.3 is 9.64 Å². The molecule has 0 radical (unpaired) electrons. The van der Waals surface area contributed by atoms with Gasteiger partial charge in [0.25, 0.3) is 11.8 Å². The second kappa shape index (κ2) is 7.27. The third kappa shape index (κ3) is 2.88. The third-order valence-corrected chi connectivity index (χ3v) is 4.31. The Bertz CT molecular complexity index is 887. The molecule has 0 aromatic heterocycles. The van der Waals surface area contributed by atoms with Gasteiger partial charge in [0.15, 0.2) is 0 Å². The third-order valence-electron chi connectivity index (χ3n) is 4.31. The van der Waals surface area contributed by atoms with E-state index in [1.165, 1.54) is 4.90 Å². The topological polar surface area (TPSA) is 49.9 Å². The van der Waals surface area contributed by atoms with Crippen LogP contribution in [0.1, 0.15) is 5.56 Å². The molecule has 0 spiro atoms. The van der Waals surface area contributed by atoms with Crippen LogP contribution in [0.5, 0.6) is 5.75 Å². The van der Waals surface area contributed by atoms with Crippen LogP contribution in [0, 0.1) is 0 Å². The zero-order valence-corrected chi connectivity index (χ0v) is 14.8. The largest absolute Gasteiger partial charge is 0.496 e. The molecule has 0 unspecified atom stereocenters. The molecule has 3 rings (SSSR count). The van der Waals surface area contributed by atoms with Gasteiger partial charge in [0.1, 0.15) is 11.4 Å². The Morgan fingerprint density at radius 2 is 1.69 bits per heavy atom. The summed E-state index contributed by atoms with van der Waals surface area (Å²) in [6.07, 6.45) is 1.54. The van der Waals surface area contributed by atoms with Gasteiger partial charge in [-0.2, -0.15) is 0 Å². The van der Waals surface area contributed by atoms with Crippen LogP contribution in [0.15, 0.2) is 72.9 Å². The predicted molar refractivity (Wildman–Crippen MR) is 102 cm³/mol. The Balaban J connectivity index is 2.21. The van der Waals surface area contributed by atoms with Gasteiger partial charge in [-0.15, -0.1) is 6.58 Å². The minimum Gasteiger partial charge on any atom is -0.496 e. The monoisotopic (exact) mass is 348 g/mol. The minimum absolute atomic E-state index is 0.155. The number of ether oxygens (including phenoxy) is 1. The quantitative estimate of drug-likeness (QED) is 0.595. The number of para-hydroxylation sites is 2. The highest BCUT2D eigenvalue weighted by atomic mass is 16.5. The molecule has 0 N–H and O–H groups in total. The molecule has 0 bridgehead atoms. The number of carbonyl (C=O) groups excluding carboxylic acids is 2. The molecule has 1 aliphatic rings. The van der Waals surface area contributed by atoms with Crippen molar-refractivity contribution in [2.75, 3.05) is 25.6 Å². The van der Waals surface area contributed by atoms with Crippen LogP contribution in [-0.4, -0.2) is 37.4 Å². The lowest BCUT2D eigenvalue weighted by molar-refractivity contribution is -0.136. The lowest BCUT2D eigenvalue weighted by atomic mass is 10.0. The molecular weight excluding hydrogens is 328 g/mol. The maximum Gasteiger partial charge on any atom is 0.278 e. The summed E-state index contributed by atoms with van der Waals surface area (Å²) in [6.45, 7) is 3.80. The summed E-state index contributed by atoms with van der Waals surface area (Å²) in [5.74, 6) is -0.151. The lowest BCUT2D eigenvalue weighted by Gasteiger charge is -2.21. The fraction of sp³-hybridized carbons (Fsp3) is 0.143. The Morgan fingerprint density at radius 3 is 2.35 bits per heavy atom. The molecule has 2 aromatic carbocycles. The van der Waals surface area contributed by atoms with Crippen molar-refractivity contribution in [3.63, 3.8) is 0 Å². The zero-order valence-electron chi connectivity index (χ0n) is 14.8. The summed E-state index contributed by atoms with van der Waals surface area (Å²) in [6, 6.07) is 16.7. The Labute approximate surface area is 152 Å². The number of rotatable bonds is 6. The molecule has 0 fully saturated rings. The SMILES string of the molecule is C=CCN1C(=O)C(c2ccccc2OC)=C(N(C)c2ccccc2)C1=O. The van der Waals surface area contributed by atoms with Gasteiger partial charge in [-0.3, -0.25) is 14.5 Å². The maximum atomic E-state index is 13.0. The molecule has 132 valence electrons. The number of likely N-dealkylation sites (N-methyl/N-ethyl adjacent to an activating group) is 1. The number of hydrogen-bond donors (Lipinski definition) is 0. The number of carbonyl (C=O) groups is 2. The number of benzene rings is 2. The number of imide groups is 1. The van der Waals surface area contributed by atoms with E-state index in [0.717, 1.165) is 5.69 Å². The molecule has 1 aliphatic heterocycles. The molecular formula is C21H20N2O3. The number of nitrogens with zero attached hydrogens (tertiary/aromatic N) is 2. The van der Waals surface area contributed by atoms with Crippen molar-refractivity contribution in [1.29, 1.82) is 0 Å². The van der Waals surface area contributed by atoms with Gasteiger partial charge in [-0.05, 0) is 18.2 Å². The van der Waals surface area contributed by atoms with Gasteiger partial charge in [0.2, 0.25) is 0 Å². The van der Waals surface area contributed by atoms with E-state index in [-0.39, 0.29) is 18.4 Å². The Hall–Kier alpha value is -3.34. The van der Waals surface area contributed by atoms with Crippen molar-refractivity contribution < 1.29 is 14.3 Å². The van der Waals surface area contributed by atoms with Crippen LogP contribution in [0.25, 0.3) is 5.57 Å². The van der Waals surface area contributed by atoms with Crippen molar-refractivity contribution in [2.45, 2.75) is 0 Å². The van der Waals surface area contributed by atoms with Crippen molar-refractivity contribution in [2.24, 2.45) is 0 Å². The summed E-state index contributed by atoms with van der Waals surface area (Å²) in [5, 5.41) is 0. The van der Waals surface area contributed by atoms with E-state index in [0.29, 0.717) is 22.6 Å². The van der Waals surface area contributed by atoms with Crippen LogP contribution < -0.4 is 9.64 Å². The first-order chi connectivity index (χ1) is 12.6. The number of hydrogen-bond acceptors (Lipinski definition) is 4. The molecule has 5 nitrogen and oxygen atoms in total. The van der Waals surface area contributed by atoms with Crippen molar-refractivity contribution in [3.05, 3.63) is 78.5 Å². The molecule has 26 heavy (non-hydrogen) atoms. The van der Waals surface area contributed by atoms with E-state index in [1.807, 2.05) is 42.5 Å². The summed E-state index contributed by atoms with van der Waals surface area (Å²) < 4.78 is 5.42. The fourth-order valence-electron chi connectivity index (χ4n) is 3.04. The van der Waals surface area contributed by atoms with Crippen molar-refractivity contribution in [1.82, 2.24) is 4.90 Å². The number of amides is 2. The van der Waals surface area contributed by atoms with Gasteiger partial charge in [-0.1, -0.05) is 42.5 Å². The van der Waals surface area contributed by atoms with E-state index in [4.69, 9.17) is 4.74 Å². The van der Waals surface area contributed by atoms with E-state index in [1.54, 1.807) is 37.3 Å². The molecule has 0 atom stereocenters. The number of anilines is 1. The fourth-order valence-corrected chi connectivity index (χ4v) is 3.04. The molecule has 2 aromatic rings. The molecule has 1 heterocycles. The highest BCUT2D eigenvalue weighted by Crippen LogP contribution is 2.37. The maximum absolute atomic E-state index is 13.0. The standard InChI is InChI=1S/C21H20N2O3/c1-4-14-23-20(24)18(16-12-8-9-13-17(16)26-3)19(21(23)25)22(2)15-10-6-5-7-11-15/h4-13H,1,14H2,2-3H3. The summed E-state index contributed by atoms with van der Waals surface area (Å²) in [5.41, 5.74) is 2.07. The van der Waals surface area contributed by atoms with E-state index >= 15 is 0 Å². The van der Waals surface area contributed by atoms with Crippen molar-refractivity contribution in [3.8, 4) is 5.75 Å². The van der Waals surface area contributed by atoms with Gasteiger partial charge in [0.05, 0.1) is 12.7 Å². The average molecular weight is 348 g/mol. The predicted octanol–water partition coefficient (Wildman–Crippen LogP) is 3.10. The van der Waals surface area contributed by atoms with E-state index in [9.17, 15) is 9.59 Å². The summed E-state index contributed by atoms with van der Waals surface area (Å²) >= 11 is 0. The molecule has 0 saturated carbocycles. The minimum atomic E-state index is -0.350. The van der Waals surface area contributed by atoms with Crippen LogP contribution >= 0.6 is 0 Å². The highest BCUT2D eigenvalue weighted by Gasteiger charge is 2.41. The van der Waals surface area contributed by atoms with Crippen LogP contribution in [0.2, 0.25) is 0 Å². The first-order valence-electron chi connectivity index (χ1n) is 8.23. The average Bonchev–Trinajstić information content (AvgIpc) is 2.93. The molecule has 5 heteroatoms. The number of methoxy groups -OCH3 is 1. The van der Waals surface area contributed by atoms with Gasteiger partial charge in [0, 0.05) is 24.8 Å². The molecule has 2 amide bonds. The normalized spacial score (nSPS) is 14.0. The second-order valence-corrected chi connectivity index (χ2v) is 5.83. The van der Waals surface area contributed by atoms with Crippen LogP contribution in [-0.2, 0) is 9.59 Å². The Kier molecular flexibility index (Phi) is 4.89. The summed E-state index contributed by atoms with van der Waals surface area (Å²) in [4.78, 5) is 29.0. The summed E-state index contributed by atoms with van der Waals surface area (Å²) in [7, 11) is 3.32. The smallest absolute Gasteiger partial charge is 0.278 e. The first-order valence-corrected chi connectivity index (χ1v) is 8.23. The Morgan fingerprint density at radius 1 is 1.04 bits per heavy atom. The first kappa shape index (κ1) is 17.5. The second-order valence-electron chi connectivity index (χ2n) is 5.83. The van der Waals surface area contributed by atoms with Crippen LogP contribution in [0.4, 0.5) is 5.69 Å². The highest BCUT2D eigenvalue weighted by molar-refractivity contribution is 6.37. The molecule has 0 saturated heterocycles. The zero-order chi connectivity index (χ0) is 18.7. The van der Waals surface area contributed by atoms with Crippen molar-refractivity contribution >= 4 is 23.1 Å². The molecule has 0 aliphatic carbocycles. The van der Waals surface area contributed by atoms with E-state index in [2.05, 4.69) is 6.58 Å².